The Morgan fingerprint density at radius 3 is 2.04 bits per heavy atom. The third kappa shape index (κ3) is 14.1. The number of carbonyl (C=O) groups excluding carboxylic acids is 3. The van der Waals surface area contributed by atoms with Crippen LogP contribution in [0.3, 0.4) is 0 Å². The molecule has 56 heavy (non-hydrogen) atoms. The van der Waals surface area contributed by atoms with Crippen molar-refractivity contribution in [3.05, 3.63) is 64.7 Å². The minimum Gasteiger partial charge on any atom is -0.491 e. The van der Waals surface area contributed by atoms with Crippen molar-refractivity contribution >= 4 is 17.7 Å². The number of nitrogens with two attached hydrogens (primary N) is 1. The highest BCUT2D eigenvalue weighted by Crippen LogP contribution is 2.33. The van der Waals surface area contributed by atoms with Crippen LogP contribution in [0.1, 0.15) is 82.2 Å². The molecule has 312 valence electrons. The van der Waals surface area contributed by atoms with Crippen LogP contribution in [0.25, 0.3) is 0 Å². The Kier molecular flexibility index (Phi) is 19.0. The van der Waals surface area contributed by atoms with E-state index in [1.54, 1.807) is 4.90 Å². The molecule has 0 fully saturated rings. The van der Waals surface area contributed by atoms with Gasteiger partial charge in [-0.15, -0.1) is 0 Å². The average molecular weight is 783 g/mol. The minimum atomic E-state index is -0.818. The standard InChI is InChI=1S/C43H66N4O9/c1-6-31(2)40(48)46-39(43(3,4)5)42(50)47-30-34-28-35(56-27-26-55-25-24-54-23-22-53-21-20-52-19-18-51-17-16-44)15-14-33(34)29-38(47)41(49)45-37-13-9-11-32-10-7-8-12-36(32)37/h7-8,10,12,14-15,28,31,37-39H,6,9,11,13,16-27,29-30,44H2,1-5H3,(H,45,49)(H,46,48)/t31-,37-,38+,39-/m1/s1. The summed E-state index contributed by atoms with van der Waals surface area (Å²) in [5.74, 6) is -0.224. The monoisotopic (exact) mass is 782 g/mol. The number of amides is 3. The maximum absolute atomic E-state index is 14.6. The van der Waals surface area contributed by atoms with Crippen LogP contribution < -0.4 is 21.1 Å². The molecule has 0 unspecified atom stereocenters. The van der Waals surface area contributed by atoms with Crippen molar-refractivity contribution < 1.29 is 42.8 Å². The van der Waals surface area contributed by atoms with Crippen LogP contribution in [0, 0.1) is 11.3 Å². The summed E-state index contributed by atoms with van der Waals surface area (Å²) in [7, 11) is 0. The number of nitrogens with one attached hydrogen (secondary N) is 2. The Bertz CT molecular complexity index is 1520. The van der Waals surface area contributed by atoms with Crippen molar-refractivity contribution in [1.82, 2.24) is 15.5 Å². The van der Waals surface area contributed by atoms with E-state index in [-0.39, 0.29) is 36.2 Å². The summed E-state index contributed by atoms with van der Waals surface area (Å²) in [6, 6.07) is 12.4. The van der Waals surface area contributed by atoms with Crippen LogP contribution in [0.4, 0.5) is 0 Å². The zero-order valence-electron chi connectivity index (χ0n) is 34.3. The van der Waals surface area contributed by atoms with E-state index in [0.717, 1.165) is 36.0 Å². The molecule has 1 heterocycles. The minimum absolute atomic E-state index is 0.123. The molecule has 13 heteroatoms. The molecule has 4 atom stereocenters. The van der Waals surface area contributed by atoms with Gasteiger partial charge in [-0.1, -0.05) is 65.0 Å². The molecule has 4 N–H and O–H groups in total. The second-order valence-electron chi connectivity index (χ2n) is 15.6. The second-order valence-corrected chi connectivity index (χ2v) is 15.6. The highest BCUT2D eigenvalue weighted by Gasteiger charge is 2.43. The van der Waals surface area contributed by atoms with Crippen LogP contribution >= 0.6 is 0 Å². The number of ether oxygens (including phenoxy) is 6. The third-order valence-electron chi connectivity index (χ3n) is 10.3. The first-order valence-electron chi connectivity index (χ1n) is 20.4. The van der Waals surface area contributed by atoms with Crippen LogP contribution in [0.15, 0.2) is 42.5 Å². The summed E-state index contributed by atoms with van der Waals surface area (Å²) in [6.07, 6.45) is 3.81. The number of fused-ring (bicyclic) bond motifs is 2. The van der Waals surface area contributed by atoms with E-state index in [1.807, 2.05) is 65.0 Å². The van der Waals surface area contributed by atoms with Gasteiger partial charge in [0.25, 0.3) is 0 Å². The van der Waals surface area contributed by atoms with Crippen LogP contribution in [0.5, 0.6) is 5.75 Å². The number of hydrogen-bond donors (Lipinski definition) is 3. The van der Waals surface area contributed by atoms with E-state index >= 15 is 0 Å². The van der Waals surface area contributed by atoms with Crippen molar-refractivity contribution in [3.8, 4) is 5.75 Å². The summed E-state index contributed by atoms with van der Waals surface area (Å²) in [5.41, 5.74) is 9.05. The molecule has 2 aromatic rings. The Hall–Kier alpha value is -3.59. The average Bonchev–Trinajstić information content (AvgIpc) is 3.19. The smallest absolute Gasteiger partial charge is 0.246 e. The van der Waals surface area contributed by atoms with E-state index in [2.05, 4.69) is 22.8 Å². The Morgan fingerprint density at radius 2 is 1.43 bits per heavy atom. The fourth-order valence-corrected chi connectivity index (χ4v) is 6.86. The van der Waals surface area contributed by atoms with Gasteiger partial charge < -0.3 is 49.7 Å². The number of rotatable bonds is 24. The molecule has 0 bridgehead atoms. The molecule has 0 aromatic heterocycles. The molecular weight excluding hydrogens is 716 g/mol. The predicted molar refractivity (Wildman–Crippen MR) is 214 cm³/mol. The molecule has 2 aliphatic rings. The number of carbonyl (C=O) groups is 3. The first-order chi connectivity index (χ1) is 27.0. The van der Waals surface area contributed by atoms with Gasteiger partial charge in [0.05, 0.1) is 72.1 Å². The maximum Gasteiger partial charge on any atom is 0.246 e. The lowest BCUT2D eigenvalue weighted by atomic mass is 9.83. The number of aryl methyl sites for hydroxylation is 1. The molecule has 1 aliphatic carbocycles. The van der Waals surface area contributed by atoms with Crippen molar-refractivity contribution in [3.63, 3.8) is 0 Å². The third-order valence-corrected chi connectivity index (χ3v) is 10.3. The van der Waals surface area contributed by atoms with E-state index in [0.29, 0.717) is 97.8 Å². The van der Waals surface area contributed by atoms with Gasteiger partial charge in [0.2, 0.25) is 17.7 Å². The summed E-state index contributed by atoms with van der Waals surface area (Å²) >= 11 is 0. The van der Waals surface area contributed by atoms with Gasteiger partial charge in [-0.05, 0) is 65.5 Å². The highest BCUT2D eigenvalue weighted by atomic mass is 16.6. The lowest BCUT2D eigenvalue weighted by Gasteiger charge is -2.42. The first-order valence-corrected chi connectivity index (χ1v) is 20.4. The van der Waals surface area contributed by atoms with Crippen molar-refractivity contribution in [2.45, 2.75) is 91.4 Å². The quantitative estimate of drug-likeness (QED) is 0.132. The lowest BCUT2D eigenvalue weighted by molar-refractivity contribution is -0.147. The lowest BCUT2D eigenvalue weighted by Crippen LogP contribution is -2.61. The maximum atomic E-state index is 14.6. The highest BCUT2D eigenvalue weighted by molar-refractivity contribution is 5.93. The molecule has 0 spiro atoms. The summed E-state index contributed by atoms with van der Waals surface area (Å²) in [6.45, 7) is 15.4. The number of hydrogen-bond acceptors (Lipinski definition) is 10. The Labute approximate surface area is 333 Å². The predicted octanol–water partition coefficient (Wildman–Crippen LogP) is 4.13. The zero-order valence-corrected chi connectivity index (χ0v) is 34.3. The SMILES string of the molecule is CC[C@@H](C)C(=O)N[C@H](C(=O)N1Cc2cc(OCCOCCOCCOCCOCCOCCN)ccc2C[C@H]1C(=O)N[C@@H]1CCCc2ccccc21)C(C)(C)C. The van der Waals surface area contributed by atoms with Gasteiger partial charge in [0.1, 0.15) is 24.4 Å². The molecule has 0 radical (unpaired) electrons. The van der Waals surface area contributed by atoms with Crippen molar-refractivity contribution in [1.29, 1.82) is 0 Å². The van der Waals surface area contributed by atoms with Gasteiger partial charge in [-0.3, -0.25) is 14.4 Å². The van der Waals surface area contributed by atoms with Crippen molar-refractivity contribution in [2.75, 3.05) is 79.2 Å². The van der Waals surface area contributed by atoms with E-state index < -0.39 is 17.5 Å². The molecule has 4 rings (SSSR count). The number of nitrogens with zero attached hydrogens (tertiary/aromatic N) is 1. The number of benzene rings is 2. The zero-order chi connectivity index (χ0) is 40.3. The van der Waals surface area contributed by atoms with E-state index in [1.165, 1.54) is 5.56 Å². The van der Waals surface area contributed by atoms with Crippen LogP contribution in [0.2, 0.25) is 0 Å². The summed E-state index contributed by atoms with van der Waals surface area (Å²) in [4.78, 5) is 43.6. The van der Waals surface area contributed by atoms with E-state index in [9.17, 15) is 14.4 Å². The molecule has 0 saturated heterocycles. The second kappa shape index (κ2) is 23.6. The fourth-order valence-electron chi connectivity index (χ4n) is 6.86. The fraction of sp³-hybridized carbons (Fsp3) is 0.651. The molecule has 0 saturated carbocycles. The molecular formula is C43H66N4O9. The Balaban J connectivity index is 1.31. The van der Waals surface area contributed by atoms with Gasteiger partial charge in [0.15, 0.2) is 0 Å². The molecule has 1 aliphatic heterocycles. The summed E-state index contributed by atoms with van der Waals surface area (Å²) < 4.78 is 33.5. The van der Waals surface area contributed by atoms with Gasteiger partial charge in [0, 0.05) is 25.4 Å². The van der Waals surface area contributed by atoms with Gasteiger partial charge in [-0.25, -0.2) is 0 Å². The molecule has 2 aromatic carbocycles. The molecule has 3 amide bonds. The molecule has 13 nitrogen and oxygen atoms in total. The van der Waals surface area contributed by atoms with Crippen LogP contribution in [-0.2, 0) is 57.5 Å². The van der Waals surface area contributed by atoms with Gasteiger partial charge in [-0.2, -0.15) is 0 Å². The summed E-state index contributed by atoms with van der Waals surface area (Å²) in [5, 5.41) is 6.35. The normalized spacial score (nSPS) is 17.7. The van der Waals surface area contributed by atoms with Crippen LogP contribution in [-0.4, -0.2) is 114 Å². The first kappa shape index (κ1) is 45.1. The van der Waals surface area contributed by atoms with E-state index in [4.69, 9.17) is 34.2 Å². The van der Waals surface area contributed by atoms with Crippen molar-refractivity contribution in [2.24, 2.45) is 17.1 Å². The largest absolute Gasteiger partial charge is 0.491 e. The van der Waals surface area contributed by atoms with Gasteiger partial charge >= 0.3 is 0 Å². The Morgan fingerprint density at radius 1 is 0.821 bits per heavy atom. The topological polar surface area (TPSA) is 160 Å².